The zero-order chi connectivity index (χ0) is 45.5. The van der Waals surface area contributed by atoms with Gasteiger partial charge in [-0.2, -0.15) is 0 Å². The van der Waals surface area contributed by atoms with Crippen molar-refractivity contribution >= 4 is 13.8 Å². The van der Waals surface area contributed by atoms with Crippen molar-refractivity contribution in [3.05, 3.63) is 24.3 Å². The fraction of sp³-hybridized carbons (Fsp3) is 0.906. The molecule has 0 rings (SSSR count). The Kier molecular flexibility index (Phi) is 45.7. The van der Waals surface area contributed by atoms with Crippen LogP contribution < -0.4 is 4.89 Å². The number of ether oxygens (including phenoxy) is 2. The Morgan fingerprint density at radius 1 is 0.484 bits per heavy atom. The fourth-order valence-corrected chi connectivity index (χ4v) is 8.33. The second kappa shape index (κ2) is 46.5. The summed E-state index contributed by atoms with van der Waals surface area (Å²) in [6, 6.07) is 0. The van der Waals surface area contributed by atoms with Gasteiger partial charge in [-0.15, -0.1) is 0 Å². The molecular weight excluding hydrogens is 794 g/mol. The third-order valence-corrected chi connectivity index (χ3v) is 12.7. The van der Waals surface area contributed by atoms with Crippen molar-refractivity contribution in [2.45, 2.75) is 258 Å². The lowest BCUT2D eigenvalue weighted by molar-refractivity contribution is -0.870. The molecule has 62 heavy (non-hydrogen) atoms. The first-order valence-corrected chi connectivity index (χ1v) is 28.0. The Hall–Kier alpha value is -1.02. The first kappa shape index (κ1) is 61.0. The van der Waals surface area contributed by atoms with Gasteiger partial charge in [-0.05, 0) is 64.2 Å². The Morgan fingerprint density at radius 2 is 0.839 bits per heavy atom. The molecular formula is C53H104NO7P. The molecule has 0 spiro atoms. The van der Waals surface area contributed by atoms with E-state index >= 15 is 0 Å². The van der Waals surface area contributed by atoms with Crippen molar-refractivity contribution < 1.29 is 37.3 Å². The molecule has 0 saturated heterocycles. The van der Waals surface area contributed by atoms with Gasteiger partial charge in [0, 0.05) is 13.0 Å². The molecule has 8 nitrogen and oxygen atoms in total. The van der Waals surface area contributed by atoms with Gasteiger partial charge in [-0.25, -0.2) is 0 Å². The summed E-state index contributed by atoms with van der Waals surface area (Å²) in [4.78, 5) is 25.2. The number of esters is 1. The maximum absolute atomic E-state index is 12.8. The maximum Gasteiger partial charge on any atom is 0.306 e. The van der Waals surface area contributed by atoms with Gasteiger partial charge >= 0.3 is 5.97 Å². The molecule has 0 aromatic rings. The predicted octanol–water partition coefficient (Wildman–Crippen LogP) is 15.7. The van der Waals surface area contributed by atoms with Gasteiger partial charge in [0.2, 0.25) is 0 Å². The number of phosphoric ester groups is 1. The average molecular weight is 898 g/mol. The summed E-state index contributed by atoms with van der Waals surface area (Å²) in [7, 11) is 1.36. The zero-order valence-electron chi connectivity index (χ0n) is 41.8. The van der Waals surface area contributed by atoms with Crippen LogP contribution in [0.5, 0.6) is 0 Å². The minimum absolute atomic E-state index is 0.0268. The number of likely N-dealkylation sites (N-methyl/N-ethyl adjacent to an activating group) is 1. The third-order valence-electron chi connectivity index (χ3n) is 11.7. The lowest BCUT2D eigenvalue weighted by atomic mass is 10.1. The number of unbranched alkanes of at least 4 members (excludes halogenated alkanes) is 32. The molecule has 0 aliphatic carbocycles. The maximum atomic E-state index is 12.8. The zero-order valence-corrected chi connectivity index (χ0v) is 42.7. The van der Waals surface area contributed by atoms with Crippen LogP contribution in [0.4, 0.5) is 0 Å². The fourth-order valence-electron chi connectivity index (χ4n) is 7.60. The lowest BCUT2D eigenvalue weighted by Gasteiger charge is -2.28. The van der Waals surface area contributed by atoms with E-state index in [2.05, 4.69) is 38.2 Å². The van der Waals surface area contributed by atoms with E-state index in [1.165, 1.54) is 199 Å². The van der Waals surface area contributed by atoms with Crippen molar-refractivity contribution in [2.24, 2.45) is 0 Å². The molecule has 2 unspecified atom stereocenters. The van der Waals surface area contributed by atoms with Crippen LogP contribution in [0, 0.1) is 0 Å². The highest BCUT2D eigenvalue weighted by Crippen LogP contribution is 2.38. The van der Waals surface area contributed by atoms with Crippen LogP contribution in [0.15, 0.2) is 24.3 Å². The van der Waals surface area contributed by atoms with Gasteiger partial charge in [0.05, 0.1) is 34.4 Å². The van der Waals surface area contributed by atoms with E-state index in [4.69, 9.17) is 18.5 Å². The highest BCUT2D eigenvalue weighted by molar-refractivity contribution is 7.45. The molecule has 0 aliphatic rings. The topological polar surface area (TPSA) is 94.1 Å². The summed E-state index contributed by atoms with van der Waals surface area (Å²) in [5.41, 5.74) is 0. The van der Waals surface area contributed by atoms with Crippen molar-refractivity contribution in [2.75, 3.05) is 54.1 Å². The Labute approximate surface area is 385 Å². The number of rotatable bonds is 50. The van der Waals surface area contributed by atoms with E-state index < -0.39 is 13.9 Å². The Morgan fingerprint density at radius 3 is 1.23 bits per heavy atom. The van der Waals surface area contributed by atoms with Gasteiger partial charge in [0.25, 0.3) is 7.82 Å². The quantitative estimate of drug-likeness (QED) is 0.0197. The monoisotopic (exact) mass is 898 g/mol. The van der Waals surface area contributed by atoms with Crippen molar-refractivity contribution in [3.8, 4) is 0 Å². The van der Waals surface area contributed by atoms with Crippen LogP contribution in [-0.2, 0) is 27.9 Å². The van der Waals surface area contributed by atoms with Gasteiger partial charge in [0.1, 0.15) is 19.3 Å². The molecule has 0 amide bonds. The standard InChI is InChI=1S/C53H104NO7P/c1-6-8-10-12-14-16-18-20-22-24-26-27-28-30-32-34-36-38-40-42-44-46-53(55)61-52(51-60-62(56,57)59-49-47-54(3,4)5)50-58-48-45-43-41-39-37-35-33-31-29-25-23-21-19-17-15-13-11-9-7-2/h23-26,52H,6-22,27-51H2,1-5H3/b25-23-,26-24-. The number of phosphoric acid groups is 1. The van der Waals surface area contributed by atoms with E-state index in [0.717, 1.165) is 32.1 Å². The SMILES string of the molecule is CCCCCCCCC/C=C\CCCCCCCCCCOCC(COP(=O)([O-])OCC[N+](C)(C)C)OC(=O)CCCCCCCCCCC/C=C\CCCCCCCCCC. The Bertz CT molecular complexity index is 1050. The normalized spacial score (nSPS) is 13.7. The summed E-state index contributed by atoms with van der Waals surface area (Å²) in [5.74, 6) is -0.333. The molecule has 0 aliphatic heterocycles. The highest BCUT2D eigenvalue weighted by Gasteiger charge is 2.20. The van der Waals surface area contributed by atoms with Crippen molar-refractivity contribution in [3.63, 3.8) is 0 Å². The van der Waals surface area contributed by atoms with E-state index in [1.54, 1.807) is 0 Å². The summed E-state index contributed by atoms with van der Waals surface area (Å²) in [6.45, 7) is 5.45. The summed E-state index contributed by atoms with van der Waals surface area (Å²) < 4.78 is 34.8. The number of quaternary nitrogens is 1. The second-order valence-corrected chi connectivity index (χ2v) is 20.6. The summed E-state index contributed by atoms with van der Waals surface area (Å²) >= 11 is 0. The first-order chi connectivity index (χ1) is 30.1. The second-order valence-electron chi connectivity index (χ2n) is 19.2. The van der Waals surface area contributed by atoms with Crippen LogP contribution in [0.3, 0.4) is 0 Å². The summed E-state index contributed by atoms with van der Waals surface area (Å²) in [6.07, 6.45) is 54.9. The predicted molar refractivity (Wildman–Crippen MR) is 264 cm³/mol. The van der Waals surface area contributed by atoms with Gasteiger partial charge in [0.15, 0.2) is 0 Å². The highest BCUT2D eigenvalue weighted by atomic mass is 31.2. The molecule has 0 fully saturated rings. The molecule has 0 aromatic carbocycles. The molecule has 0 bridgehead atoms. The van der Waals surface area contributed by atoms with Crippen LogP contribution in [0.2, 0.25) is 0 Å². The molecule has 368 valence electrons. The number of nitrogens with zero attached hydrogens (tertiary/aromatic N) is 1. The molecule has 9 heteroatoms. The molecule has 0 radical (unpaired) electrons. The summed E-state index contributed by atoms with van der Waals surface area (Å²) in [5, 5.41) is 0. The number of allylic oxidation sites excluding steroid dienone is 4. The van der Waals surface area contributed by atoms with Crippen LogP contribution in [-0.4, -0.2) is 70.7 Å². The number of carbonyl (C=O) groups excluding carboxylic acids is 1. The minimum Gasteiger partial charge on any atom is -0.756 e. The molecule has 0 N–H and O–H groups in total. The molecule has 2 atom stereocenters. The van der Waals surface area contributed by atoms with E-state index in [0.29, 0.717) is 24.1 Å². The minimum atomic E-state index is -4.53. The van der Waals surface area contributed by atoms with Crippen molar-refractivity contribution in [1.29, 1.82) is 0 Å². The van der Waals surface area contributed by atoms with E-state index in [1.807, 2.05) is 21.1 Å². The number of carbonyl (C=O) groups is 1. The first-order valence-electron chi connectivity index (χ1n) is 26.6. The van der Waals surface area contributed by atoms with E-state index in [-0.39, 0.29) is 25.8 Å². The van der Waals surface area contributed by atoms with Gasteiger partial charge in [-0.3, -0.25) is 9.36 Å². The Balaban J connectivity index is 4.11. The van der Waals surface area contributed by atoms with Crippen LogP contribution >= 0.6 is 7.82 Å². The number of hydrogen-bond donors (Lipinski definition) is 0. The molecule has 0 heterocycles. The largest absolute Gasteiger partial charge is 0.756 e. The lowest BCUT2D eigenvalue weighted by Crippen LogP contribution is -2.37. The number of hydrogen-bond acceptors (Lipinski definition) is 7. The molecule has 0 aromatic heterocycles. The third kappa shape index (κ3) is 50.0. The van der Waals surface area contributed by atoms with Crippen LogP contribution in [0.25, 0.3) is 0 Å². The molecule has 0 saturated carbocycles. The van der Waals surface area contributed by atoms with Gasteiger partial charge in [-0.1, -0.05) is 205 Å². The van der Waals surface area contributed by atoms with E-state index in [9.17, 15) is 14.3 Å². The van der Waals surface area contributed by atoms with Crippen molar-refractivity contribution in [1.82, 2.24) is 0 Å². The van der Waals surface area contributed by atoms with Crippen LogP contribution in [0.1, 0.15) is 251 Å². The van der Waals surface area contributed by atoms with Gasteiger partial charge < -0.3 is 27.9 Å². The smallest absolute Gasteiger partial charge is 0.306 e. The average Bonchev–Trinajstić information content (AvgIpc) is 3.23.